The number of aromatic hydroxyl groups is 1. The molecular formula is C31H38FN5O3. The third-order valence-corrected chi connectivity index (χ3v) is 8.72. The Hall–Kier alpha value is -3.46. The van der Waals surface area contributed by atoms with Gasteiger partial charge < -0.3 is 24.5 Å². The molecule has 1 amide bonds. The summed E-state index contributed by atoms with van der Waals surface area (Å²) in [5.74, 6) is 0.0997. The Kier molecular flexibility index (Phi) is 7.49. The number of phenolic OH excluding ortho intramolecular Hbond substituents is 1. The van der Waals surface area contributed by atoms with Gasteiger partial charge in [0.1, 0.15) is 29.6 Å². The van der Waals surface area contributed by atoms with Gasteiger partial charge in [-0.1, -0.05) is 32.3 Å². The molecule has 0 saturated carbocycles. The van der Waals surface area contributed by atoms with Crippen LogP contribution in [0.2, 0.25) is 0 Å². The van der Waals surface area contributed by atoms with Gasteiger partial charge in [-0.3, -0.25) is 4.79 Å². The third kappa shape index (κ3) is 4.96. The summed E-state index contributed by atoms with van der Waals surface area (Å²) >= 11 is 0. The zero-order valence-corrected chi connectivity index (χ0v) is 23.5. The summed E-state index contributed by atoms with van der Waals surface area (Å²) in [6.07, 6.45) is 8.31. The van der Waals surface area contributed by atoms with E-state index in [4.69, 9.17) is 14.7 Å². The predicted octanol–water partition coefficient (Wildman–Crippen LogP) is 5.44. The fourth-order valence-corrected chi connectivity index (χ4v) is 6.49. The van der Waals surface area contributed by atoms with Crippen molar-refractivity contribution in [2.75, 3.05) is 43.1 Å². The lowest BCUT2D eigenvalue weighted by Crippen LogP contribution is -2.40. The van der Waals surface area contributed by atoms with Crippen molar-refractivity contribution in [3.63, 3.8) is 0 Å². The molecule has 0 aliphatic carbocycles. The highest BCUT2D eigenvalue weighted by Crippen LogP contribution is 2.41. The number of carbonyl (C=O) groups is 1. The fourth-order valence-electron chi connectivity index (χ4n) is 6.49. The molecule has 1 aromatic heterocycles. The number of carbonyl (C=O) groups excluding carboxylic acids is 1. The molecule has 3 aromatic rings. The van der Waals surface area contributed by atoms with Crippen molar-refractivity contribution >= 4 is 28.2 Å². The number of phenols is 1. The molecule has 3 aliphatic rings. The maximum atomic E-state index is 14.9. The lowest BCUT2D eigenvalue weighted by molar-refractivity contribution is 0.0996. The molecule has 0 radical (unpaired) electrons. The summed E-state index contributed by atoms with van der Waals surface area (Å²) in [5, 5.41) is 11.9. The number of ether oxygens (including phenoxy) is 1. The number of anilines is 2. The molecule has 0 spiro atoms. The molecule has 2 aromatic carbocycles. The first-order chi connectivity index (χ1) is 19.4. The van der Waals surface area contributed by atoms with E-state index in [1.165, 1.54) is 18.9 Å². The molecule has 3 aliphatic heterocycles. The van der Waals surface area contributed by atoms with E-state index in [9.17, 15) is 14.3 Å². The van der Waals surface area contributed by atoms with E-state index in [2.05, 4.69) is 16.8 Å². The van der Waals surface area contributed by atoms with Crippen LogP contribution in [0, 0.1) is 5.82 Å². The van der Waals surface area contributed by atoms with Gasteiger partial charge in [-0.25, -0.2) is 4.39 Å². The van der Waals surface area contributed by atoms with Crippen LogP contribution in [-0.2, 0) is 13.0 Å². The summed E-state index contributed by atoms with van der Waals surface area (Å²) in [6, 6.07) is 6.85. The first-order valence-corrected chi connectivity index (χ1v) is 14.7. The van der Waals surface area contributed by atoms with E-state index in [0.29, 0.717) is 64.2 Å². The molecule has 8 nitrogen and oxygen atoms in total. The predicted molar refractivity (Wildman–Crippen MR) is 154 cm³/mol. The van der Waals surface area contributed by atoms with Crippen LogP contribution >= 0.6 is 0 Å². The van der Waals surface area contributed by atoms with Crippen molar-refractivity contribution < 1.29 is 19.0 Å². The number of nitrogens with zero attached hydrogens (tertiary/aromatic N) is 5. The van der Waals surface area contributed by atoms with Crippen molar-refractivity contribution in [1.82, 2.24) is 14.9 Å². The van der Waals surface area contributed by atoms with Crippen molar-refractivity contribution in [2.24, 2.45) is 0 Å². The normalized spacial score (nSPS) is 20.2. The molecular weight excluding hydrogens is 509 g/mol. The molecule has 1 N–H and O–H groups in total. The number of benzene rings is 2. The lowest BCUT2D eigenvalue weighted by Gasteiger charge is -2.32. The number of likely N-dealkylation sites (N-methyl/N-ethyl adjacent to an activating group) is 1. The lowest BCUT2D eigenvalue weighted by atomic mass is 9.99. The molecule has 2 saturated heterocycles. The average molecular weight is 548 g/mol. The average Bonchev–Trinajstić information content (AvgIpc) is 3.10. The minimum Gasteiger partial charge on any atom is -0.508 e. The number of piperidine rings is 1. The number of hydrogen-bond donors (Lipinski definition) is 1. The van der Waals surface area contributed by atoms with Gasteiger partial charge in [0.15, 0.2) is 0 Å². The number of aryl methyl sites for hydroxylation is 1. The van der Waals surface area contributed by atoms with E-state index in [1.54, 1.807) is 23.1 Å². The quantitative estimate of drug-likeness (QED) is 0.440. The summed E-state index contributed by atoms with van der Waals surface area (Å²) in [7, 11) is 2.13. The zero-order valence-electron chi connectivity index (χ0n) is 23.5. The first kappa shape index (κ1) is 26.7. The number of halogens is 1. The molecule has 0 bridgehead atoms. The number of fused-ring (bicyclic) bond motifs is 2. The van der Waals surface area contributed by atoms with Crippen LogP contribution in [0.15, 0.2) is 24.3 Å². The van der Waals surface area contributed by atoms with Crippen LogP contribution in [0.25, 0.3) is 10.8 Å². The van der Waals surface area contributed by atoms with Gasteiger partial charge in [-0.2, -0.15) is 9.97 Å². The van der Waals surface area contributed by atoms with E-state index >= 15 is 0 Å². The Morgan fingerprint density at radius 1 is 1.05 bits per heavy atom. The summed E-state index contributed by atoms with van der Waals surface area (Å²) < 4.78 is 21.1. The second kappa shape index (κ2) is 11.2. The fraction of sp³-hybridized carbons (Fsp3) is 0.516. The Morgan fingerprint density at radius 3 is 2.58 bits per heavy atom. The van der Waals surface area contributed by atoms with Crippen LogP contribution in [0.1, 0.15) is 73.5 Å². The Bertz CT molecular complexity index is 1420. The molecule has 4 heterocycles. The summed E-state index contributed by atoms with van der Waals surface area (Å²) in [5.41, 5.74) is 2.10. The van der Waals surface area contributed by atoms with E-state index in [-0.39, 0.29) is 24.0 Å². The van der Waals surface area contributed by atoms with Crippen molar-refractivity contribution in [1.29, 1.82) is 0 Å². The van der Waals surface area contributed by atoms with Gasteiger partial charge in [-0.15, -0.1) is 0 Å². The molecule has 212 valence electrons. The van der Waals surface area contributed by atoms with Gasteiger partial charge in [0.2, 0.25) is 0 Å². The standard InChI is InChI=1S/C31H38FN5O3/c1-3-23-24(32)12-11-20-16-22(38)17-26(27(20)23)37-18-25-28(30(37)39)29(36-14-7-4-5-8-15-36)34-31(33-25)40-19-21-10-6-9-13-35(21)2/h11-12,16-17,21,38H,3-10,13-15,18-19H2,1-2H3/t21-/m0/s1. The molecule has 2 fully saturated rings. The van der Waals surface area contributed by atoms with Gasteiger partial charge >= 0.3 is 6.01 Å². The van der Waals surface area contributed by atoms with Crippen LogP contribution in [0.5, 0.6) is 11.8 Å². The first-order valence-electron chi connectivity index (χ1n) is 14.7. The molecule has 40 heavy (non-hydrogen) atoms. The minimum absolute atomic E-state index is 0.0272. The van der Waals surface area contributed by atoms with Crippen LogP contribution in [0.4, 0.5) is 15.9 Å². The van der Waals surface area contributed by atoms with Crippen LogP contribution in [-0.4, -0.2) is 65.2 Å². The summed E-state index contributed by atoms with van der Waals surface area (Å²) in [6.45, 7) is 5.30. The SMILES string of the molecule is CCc1c(F)ccc2cc(O)cc(N3Cc4nc(OC[C@@H]5CCCCN5C)nc(N5CCCCCC5)c4C3=O)c12. The van der Waals surface area contributed by atoms with Crippen LogP contribution < -0.4 is 14.5 Å². The van der Waals surface area contributed by atoms with E-state index < -0.39 is 0 Å². The number of aromatic nitrogens is 2. The highest BCUT2D eigenvalue weighted by atomic mass is 19.1. The Labute approximate surface area is 234 Å². The monoisotopic (exact) mass is 547 g/mol. The number of likely N-dealkylation sites (tertiary alicyclic amines) is 1. The summed E-state index contributed by atoms with van der Waals surface area (Å²) in [4.78, 5) is 29.9. The van der Waals surface area contributed by atoms with Gasteiger partial charge in [0, 0.05) is 30.6 Å². The second-order valence-corrected chi connectivity index (χ2v) is 11.3. The highest BCUT2D eigenvalue weighted by molar-refractivity contribution is 6.16. The molecule has 0 unspecified atom stereocenters. The molecule has 6 rings (SSSR count). The Balaban J connectivity index is 1.41. The van der Waals surface area contributed by atoms with Gasteiger partial charge in [0.25, 0.3) is 5.91 Å². The second-order valence-electron chi connectivity index (χ2n) is 11.3. The maximum absolute atomic E-state index is 14.9. The van der Waals surface area contributed by atoms with Crippen molar-refractivity contribution in [2.45, 2.75) is 70.9 Å². The Morgan fingerprint density at radius 2 is 1.82 bits per heavy atom. The molecule has 9 heteroatoms. The highest BCUT2D eigenvalue weighted by Gasteiger charge is 2.37. The van der Waals surface area contributed by atoms with Crippen molar-refractivity contribution in [3.05, 3.63) is 46.9 Å². The van der Waals surface area contributed by atoms with Gasteiger partial charge in [-0.05, 0) is 68.8 Å². The van der Waals surface area contributed by atoms with Crippen LogP contribution in [0.3, 0.4) is 0 Å². The number of hydrogen-bond acceptors (Lipinski definition) is 7. The van der Waals surface area contributed by atoms with E-state index in [1.807, 2.05) is 6.92 Å². The minimum atomic E-state index is -0.320. The van der Waals surface area contributed by atoms with E-state index in [0.717, 1.165) is 51.7 Å². The molecule has 1 atom stereocenters. The number of rotatable bonds is 6. The zero-order chi connectivity index (χ0) is 27.8. The smallest absolute Gasteiger partial charge is 0.318 e. The topological polar surface area (TPSA) is 82.0 Å². The maximum Gasteiger partial charge on any atom is 0.318 e. The third-order valence-electron chi connectivity index (χ3n) is 8.72. The number of amides is 1. The van der Waals surface area contributed by atoms with Gasteiger partial charge in [0.05, 0.1) is 17.9 Å². The van der Waals surface area contributed by atoms with Crippen molar-refractivity contribution in [3.8, 4) is 11.8 Å². The largest absolute Gasteiger partial charge is 0.508 e.